The van der Waals surface area contributed by atoms with Gasteiger partial charge in [-0.25, -0.2) is 23.0 Å². The van der Waals surface area contributed by atoms with Gasteiger partial charge in [-0.3, -0.25) is 4.79 Å². The zero-order valence-corrected chi connectivity index (χ0v) is 16.4. The van der Waals surface area contributed by atoms with E-state index in [9.17, 15) is 17.6 Å². The van der Waals surface area contributed by atoms with Crippen molar-refractivity contribution in [1.82, 2.24) is 10.1 Å². The molecule has 2 aromatic carbocycles. The largest absolute Gasteiger partial charge is 0.481 e. The Morgan fingerprint density at radius 1 is 1.14 bits per heavy atom. The molecule has 0 aliphatic heterocycles. The Morgan fingerprint density at radius 2 is 1.82 bits per heavy atom. The van der Waals surface area contributed by atoms with Crippen molar-refractivity contribution in [2.75, 3.05) is 13.2 Å². The van der Waals surface area contributed by atoms with Crippen LogP contribution in [0.5, 0.6) is 5.75 Å². The standard InChI is InChI=1S/C19H22FN3O4S/c1-3-12-21-28(25,26)16-10-8-15(9-11-16)14(2)22-23-19(24)13-27-18-7-5-4-6-17(18)20/h4-11,21H,3,12-13H2,1-2H3,(H,23,24)/b22-14-. The fraction of sp³-hybridized carbons (Fsp3) is 0.263. The minimum atomic E-state index is -3.53. The number of benzene rings is 2. The topological polar surface area (TPSA) is 96.9 Å². The average Bonchev–Trinajstić information content (AvgIpc) is 2.70. The Balaban J connectivity index is 1.94. The van der Waals surface area contributed by atoms with E-state index in [1.54, 1.807) is 25.1 Å². The van der Waals surface area contributed by atoms with E-state index < -0.39 is 28.4 Å². The Hall–Kier alpha value is -2.78. The van der Waals surface area contributed by atoms with E-state index in [1.807, 2.05) is 6.92 Å². The molecular formula is C19H22FN3O4S. The summed E-state index contributed by atoms with van der Waals surface area (Å²) in [6.07, 6.45) is 0.698. The van der Waals surface area contributed by atoms with Gasteiger partial charge in [-0.05, 0) is 43.2 Å². The quantitative estimate of drug-likeness (QED) is 0.493. The second-order valence-corrected chi connectivity index (χ2v) is 7.64. The first-order valence-corrected chi connectivity index (χ1v) is 10.1. The molecule has 0 aliphatic rings. The van der Waals surface area contributed by atoms with Crippen molar-refractivity contribution < 1.29 is 22.3 Å². The molecule has 2 aromatic rings. The van der Waals surface area contributed by atoms with Gasteiger partial charge in [0.25, 0.3) is 5.91 Å². The van der Waals surface area contributed by atoms with E-state index >= 15 is 0 Å². The van der Waals surface area contributed by atoms with Crippen LogP contribution < -0.4 is 14.9 Å². The third-order valence-electron chi connectivity index (χ3n) is 3.67. The molecule has 9 heteroatoms. The molecule has 0 aromatic heterocycles. The number of carbonyl (C=O) groups excluding carboxylic acids is 1. The number of carbonyl (C=O) groups is 1. The minimum Gasteiger partial charge on any atom is -0.481 e. The Bertz CT molecular complexity index is 944. The van der Waals surface area contributed by atoms with Crippen LogP contribution in [0, 0.1) is 5.82 Å². The van der Waals surface area contributed by atoms with E-state index in [-0.39, 0.29) is 10.6 Å². The molecule has 0 aliphatic carbocycles. The third-order valence-corrected chi connectivity index (χ3v) is 5.15. The molecule has 0 radical (unpaired) electrons. The Morgan fingerprint density at radius 3 is 2.46 bits per heavy atom. The number of para-hydroxylation sites is 1. The molecule has 0 fully saturated rings. The van der Waals surface area contributed by atoms with Crippen LogP contribution in [-0.4, -0.2) is 33.2 Å². The molecule has 2 rings (SSSR count). The van der Waals surface area contributed by atoms with Crippen LogP contribution in [0.25, 0.3) is 0 Å². The summed E-state index contributed by atoms with van der Waals surface area (Å²) in [6, 6.07) is 11.9. The number of halogens is 1. The van der Waals surface area contributed by atoms with Crippen LogP contribution in [0.1, 0.15) is 25.8 Å². The maximum Gasteiger partial charge on any atom is 0.277 e. The first-order chi connectivity index (χ1) is 13.3. The maximum atomic E-state index is 13.4. The molecule has 0 bridgehead atoms. The second-order valence-electron chi connectivity index (χ2n) is 5.87. The van der Waals surface area contributed by atoms with Crippen molar-refractivity contribution >= 4 is 21.6 Å². The summed E-state index contributed by atoms with van der Waals surface area (Å²) in [4.78, 5) is 11.9. The van der Waals surface area contributed by atoms with E-state index in [0.29, 0.717) is 24.2 Å². The normalized spacial score (nSPS) is 11.9. The molecule has 0 heterocycles. The summed E-state index contributed by atoms with van der Waals surface area (Å²) >= 11 is 0. The van der Waals surface area contributed by atoms with Crippen LogP contribution in [0.3, 0.4) is 0 Å². The van der Waals surface area contributed by atoms with Gasteiger partial charge in [-0.1, -0.05) is 31.2 Å². The van der Waals surface area contributed by atoms with Crippen LogP contribution in [0.15, 0.2) is 58.5 Å². The van der Waals surface area contributed by atoms with Gasteiger partial charge >= 0.3 is 0 Å². The third kappa shape index (κ3) is 6.14. The highest BCUT2D eigenvalue weighted by atomic mass is 32.2. The molecule has 0 spiro atoms. The van der Waals surface area contributed by atoms with Crippen molar-refractivity contribution in [1.29, 1.82) is 0 Å². The molecule has 0 saturated carbocycles. The predicted molar refractivity (Wildman–Crippen MR) is 104 cm³/mol. The number of hydrazone groups is 1. The Labute approximate surface area is 163 Å². The highest BCUT2D eigenvalue weighted by Crippen LogP contribution is 2.15. The summed E-state index contributed by atoms with van der Waals surface area (Å²) in [5, 5.41) is 3.95. The van der Waals surface area contributed by atoms with Crippen LogP contribution in [0.4, 0.5) is 4.39 Å². The zero-order chi connectivity index (χ0) is 20.6. The minimum absolute atomic E-state index is 0.0215. The van der Waals surface area contributed by atoms with Gasteiger partial charge in [0.05, 0.1) is 10.6 Å². The number of hydrogen-bond donors (Lipinski definition) is 2. The van der Waals surface area contributed by atoms with E-state index in [4.69, 9.17) is 4.74 Å². The molecule has 28 heavy (non-hydrogen) atoms. The van der Waals surface area contributed by atoms with Crippen LogP contribution >= 0.6 is 0 Å². The molecule has 0 saturated heterocycles. The van der Waals surface area contributed by atoms with Crippen LogP contribution in [0.2, 0.25) is 0 Å². The fourth-order valence-corrected chi connectivity index (χ4v) is 3.28. The monoisotopic (exact) mass is 407 g/mol. The van der Waals surface area contributed by atoms with Gasteiger partial charge in [-0.2, -0.15) is 5.10 Å². The Kier molecular flexibility index (Phi) is 7.65. The smallest absolute Gasteiger partial charge is 0.277 e. The lowest BCUT2D eigenvalue weighted by Gasteiger charge is -2.08. The van der Waals surface area contributed by atoms with Gasteiger partial charge < -0.3 is 4.74 Å². The number of hydrogen-bond acceptors (Lipinski definition) is 5. The average molecular weight is 407 g/mol. The number of sulfonamides is 1. The van der Waals surface area contributed by atoms with E-state index in [0.717, 1.165) is 0 Å². The molecule has 1 amide bonds. The van der Waals surface area contributed by atoms with Crippen molar-refractivity contribution in [2.45, 2.75) is 25.2 Å². The first-order valence-electron chi connectivity index (χ1n) is 8.64. The number of nitrogens with zero attached hydrogens (tertiary/aromatic N) is 1. The van der Waals surface area contributed by atoms with Gasteiger partial charge in [-0.15, -0.1) is 0 Å². The number of amides is 1. The molecule has 150 valence electrons. The van der Waals surface area contributed by atoms with Crippen molar-refractivity contribution in [3.05, 3.63) is 59.9 Å². The SMILES string of the molecule is CCCNS(=O)(=O)c1ccc(/C(C)=N\NC(=O)COc2ccccc2F)cc1. The van der Waals surface area contributed by atoms with Gasteiger partial charge in [0.15, 0.2) is 18.2 Å². The van der Waals surface area contributed by atoms with Crippen LogP contribution in [-0.2, 0) is 14.8 Å². The number of rotatable bonds is 9. The lowest BCUT2D eigenvalue weighted by Crippen LogP contribution is -2.26. The van der Waals surface area contributed by atoms with Crippen molar-refractivity contribution in [2.24, 2.45) is 5.10 Å². The summed E-state index contributed by atoms with van der Waals surface area (Å²) in [6.45, 7) is 3.52. The molecule has 2 N–H and O–H groups in total. The maximum absolute atomic E-state index is 13.4. The number of ether oxygens (including phenoxy) is 1. The summed E-state index contributed by atoms with van der Waals surface area (Å²) in [7, 11) is -3.53. The summed E-state index contributed by atoms with van der Waals surface area (Å²) in [5.74, 6) is -1.13. The van der Waals surface area contributed by atoms with Crippen molar-refractivity contribution in [3.8, 4) is 5.75 Å². The number of nitrogens with one attached hydrogen (secondary N) is 2. The fourth-order valence-electron chi connectivity index (χ4n) is 2.14. The highest BCUT2D eigenvalue weighted by molar-refractivity contribution is 7.89. The lowest BCUT2D eigenvalue weighted by molar-refractivity contribution is -0.123. The summed E-state index contributed by atoms with van der Waals surface area (Å²) in [5.41, 5.74) is 3.43. The van der Waals surface area contributed by atoms with Gasteiger partial charge in [0, 0.05) is 6.54 Å². The lowest BCUT2D eigenvalue weighted by atomic mass is 10.1. The highest BCUT2D eigenvalue weighted by Gasteiger charge is 2.13. The molecule has 7 nitrogen and oxygen atoms in total. The second kappa shape index (κ2) is 9.95. The molecular weight excluding hydrogens is 385 g/mol. The molecule has 0 unspecified atom stereocenters. The summed E-state index contributed by atoms with van der Waals surface area (Å²) < 4.78 is 45.1. The van der Waals surface area contributed by atoms with E-state index in [2.05, 4.69) is 15.2 Å². The molecule has 0 atom stereocenters. The van der Waals surface area contributed by atoms with Crippen molar-refractivity contribution in [3.63, 3.8) is 0 Å². The van der Waals surface area contributed by atoms with E-state index in [1.165, 1.54) is 30.3 Å². The zero-order valence-electron chi connectivity index (χ0n) is 15.6. The van der Waals surface area contributed by atoms with Gasteiger partial charge in [0.1, 0.15) is 0 Å². The predicted octanol–water partition coefficient (Wildman–Crippen LogP) is 2.43. The van der Waals surface area contributed by atoms with Gasteiger partial charge in [0.2, 0.25) is 10.0 Å². The first kappa shape index (κ1) is 21.5.